The van der Waals surface area contributed by atoms with Crippen LogP contribution in [0, 0.1) is 5.82 Å². The normalized spacial score (nSPS) is 11.6. The van der Waals surface area contributed by atoms with Gasteiger partial charge in [-0.25, -0.2) is 9.18 Å². The average Bonchev–Trinajstić information content (AvgIpc) is 2.56. The highest BCUT2D eigenvalue weighted by Gasteiger charge is 2.19. The summed E-state index contributed by atoms with van der Waals surface area (Å²) >= 11 is 5.92. The molecule has 6 heteroatoms. The number of carbonyl (C=O) groups is 2. The van der Waals surface area contributed by atoms with Gasteiger partial charge < -0.3 is 10.1 Å². The zero-order valence-corrected chi connectivity index (χ0v) is 13.8. The number of ether oxygens (including phenoxy) is 1. The second-order valence-corrected chi connectivity index (χ2v) is 5.60. The number of nitrogens with one attached hydrogen (secondary N) is 1. The minimum absolute atomic E-state index is 0.213. The molecule has 0 aliphatic carbocycles. The number of hydrogen-bond donors (Lipinski definition) is 1. The van der Waals surface area contributed by atoms with Gasteiger partial charge in [0.1, 0.15) is 5.82 Å². The largest absolute Gasteiger partial charge is 0.449 e. The third-order valence-electron chi connectivity index (χ3n) is 3.37. The van der Waals surface area contributed by atoms with Crippen molar-refractivity contribution < 1.29 is 18.7 Å². The Hall–Kier alpha value is -2.40. The molecule has 0 radical (unpaired) electrons. The van der Waals surface area contributed by atoms with Crippen molar-refractivity contribution >= 4 is 23.5 Å². The van der Waals surface area contributed by atoms with E-state index in [2.05, 4.69) is 5.32 Å². The SMILES string of the molecule is C[C@H](OC(=O)c1ccccc1Cl)C(=O)NCCc1ccc(F)cc1. The highest BCUT2D eigenvalue weighted by molar-refractivity contribution is 6.33. The number of hydrogen-bond acceptors (Lipinski definition) is 3. The zero-order valence-electron chi connectivity index (χ0n) is 13.1. The van der Waals surface area contributed by atoms with E-state index in [1.165, 1.54) is 25.1 Å². The maximum atomic E-state index is 12.8. The summed E-state index contributed by atoms with van der Waals surface area (Å²) in [6.45, 7) is 1.85. The molecule has 1 atom stereocenters. The molecule has 0 aliphatic rings. The molecular formula is C18H17ClFNO3. The Bertz CT molecular complexity index is 718. The molecule has 0 spiro atoms. The minimum atomic E-state index is -0.943. The predicted molar refractivity (Wildman–Crippen MR) is 89.4 cm³/mol. The molecular weight excluding hydrogens is 333 g/mol. The number of esters is 1. The number of rotatable bonds is 6. The fourth-order valence-electron chi connectivity index (χ4n) is 2.03. The fraction of sp³-hybridized carbons (Fsp3) is 0.222. The van der Waals surface area contributed by atoms with Crippen LogP contribution in [-0.4, -0.2) is 24.5 Å². The molecule has 0 fully saturated rings. The molecule has 0 saturated heterocycles. The summed E-state index contributed by atoms with van der Waals surface area (Å²) in [6, 6.07) is 12.5. The molecule has 2 aromatic carbocycles. The maximum Gasteiger partial charge on any atom is 0.340 e. The van der Waals surface area contributed by atoms with E-state index >= 15 is 0 Å². The third kappa shape index (κ3) is 5.06. The summed E-state index contributed by atoms with van der Waals surface area (Å²) in [7, 11) is 0. The predicted octanol–water partition coefficient (Wildman–Crippen LogP) is 3.38. The lowest BCUT2D eigenvalue weighted by Crippen LogP contribution is -2.36. The average molecular weight is 350 g/mol. The topological polar surface area (TPSA) is 55.4 Å². The Kier molecular flexibility index (Phi) is 6.32. The van der Waals surface area contributed by atoms with Crippen molar-refractivity contribution in [2.24, 2.45) is 0 Å². The van der Waals surface area contributed by atoms with E-state index in [0.29, 0.717) is 13.0 Å². The minimum Gasteiger partial charge on any atom is -0.449 e. The van der Waals surface area contributed by atoms with Crippen molar-refractivity contribution in [1.29, 1.82) is 0 Å². The van der Waals surface area contributed by atoms with Crippen molar-refractivity contribution in [3.05, 3.63) is 70.5 Å². The zero-order chi connectivity index (χ0) is 17.5. The first-order chi connectivity index (χ1) is 11.5. The van der Waals surface area contributed by atoms with Crippen molar-refractivity contribution in [2.75, 3.05) is 6.54 Å². The summed E-state index contributed by atoms with van der Waals surface area (Å²) in [5.74, 6) is -1.36. The van der Waals surface area contributed by atoms with Crippen molar-refractivity contribution in [1.82, 2.24) is 5.32 Å². The number of carbonyl (C=O) groups excluding carboxylic acids is 2. The van der Waals surface area contributed by atoms with Crippen molar-refractivity contribution in [2.45, 2.75) is 19.4 Å². The van der Waals surface area contributed by atoms with Crippen LogP contribution in [0.2, 0.25) is 5.02 Å². The van der Waals surface area contributed by atoms with Gasteiger partial charge in [-0.1, -0.05) is 35.9 Å². The fourth-order valence-corrected chi connectivity index (χ4v) is 2.24. The van der Waals surface area contributed by atoms with Gasteiger partial charge in [0, 0.05) is 6.54 Å². The van der Waals surface area contributed by atoms with E-state index in [4.69, 9.17) is 16.3 Å². The Morgan fingerprint density at radius 1 is 1.17 bits per heavy atom. The third-order valence-corrected chi connectivity index (χ3v) is 3.70. The second kappa shape index (κ2) is 8.45. The summed E-state index contributed by atoms with van der Waals surface area (Å²) < 4.78 is 17.9. The first-order valence-corrected chi connectivity index (χ1v) is 7.83. The van der Waals surface area contributed by atoms with Gasteiger partial charge in [-0.15, -0.1) is 0 Å². The molecule has 126 valence electrons. The van der Waals surface area contributed by atoms with Gasteiger partial charge in [0.2, 0.25) is 0 Å². The van der Waals surface area contributed by atoms with E-state index < -0.39 is 18.0 Å². The molecule has 0 bridgehead atoms. The Balaban J connectivity index is 1.80. The molecule has 0 heterocycles. The molecule has 0 saturated carbocycles. The van der Waals surface area contributed by atoms with Crippen LogP contribution < -0.4 is 5.32 Å². The number of halogens is 2. The molecule has 0 aliphatic heterocycles. The van der Waals surface area contributed by atoms with E-state index in [0.717, 1.165) is 5.56 Å². The van der Waals surface area contributed by atoms with Crippen molar-refractivity contribution in [3.8, 4) is 0 Å². The Morgan fingerprint density at radius 3 is 2.50 bits per heavy atom. The van der Waals surface area contributed by atoms with E-state index in [1.807, 2.05) is 0 Å². The van der Waals surface area contributed by atoms with Gasteiger partial charge in [-0.3, -0.25) is 4.79 Å². The van der Waals surface area contributed by atoms with Crippen LogP contribution in [0.5, 0.6) is 0 Å². The maximum absolute atomic E-state index is 12.8. The molecule has 0 aromatic heterocycles. The quantitative estimate of drug-likeness (QED) is 0.813. The number of benzene rings is 2. The van der Waals surface area contributed by atoms with Crippen LogP contribution in [0.3, 0.4) is 0 Å². The smallest absolute Gasteiger partial charge is 0.340 e. The van der Waals surface area contributed by atoms with Gasteiger partial charge in [0.25, 0.3) is 5.91 Å². The Morgan fingerprint density at radius 2 is 1.83 bits per heavy atom. The van der Waals surface area contributed by atoms with Crippen LogP contribution >= 0.6 is 11.6 Å². The lowest BCUT2D eigenvalue weighted by atomic mass is 10.1. The second-order valence-electron chi connectivity index (χ2n) is 5.19. The summed E-state index contributed by atoms with van der Waals surface area (Å²) in [4.78, 5) is 23.9. The van der Waals surface area contributed by atoms with E-state index in [9.17, 15) is 14.0 Å². The standard InChI is InChI=1S/C18H17ClFNO3/c1-12(24-18(23)15-4-2-3-5-16(15)19)17(22)21-11-10-13-6-8-14(20)9-7-13/h2-9,12H,10-11H2,1H3,(H,21,22)/t12-/m0/s1. The molecule has 1 N–H and O–H groups in total. The monoisotopic (exact) mass is 349 g/mol. The van der Waals surface area contributed by atoms with Gasteiger partial charge >= 0.3 is 5.97 Å². The molecule has 2 aromatic rings. The molecule has 0 unspecified atom stereocenters. The highest BCUT2D eigenvalue weighted by Crippen LogP contribution is 2.16. The van der Waals surface area contributed by atoms with Gasteiger partial charge in [-0.2, -0.15) is 0 Å². The van der Waals surface area contributed by atoms with Crippen LogP contribution in [0.4, 0.5) is 4.39 Å². The first-order valence-electron chi connectivity index (χ1n) is 7.45. The summed E-state index contributed by atoms with van der Waals surface area (Å²) in [5, 5.41) is 2.94. The highest BCUT2D eigenvalue weighted by atomic mass is 35.5. The van der Waals surface area contributed by atoms with Gasteiger partial charge in [0.15, 0.2) is 6.10 Å². The van der Waals surface area contributed by atoms with Crippen molar-refractivity contribution in [3.63, 3.8) is 0 Å². The summed E-state index contributed by atoms with van der Waals surface area (Å²) in [5.41, 5.74) is 1.11. The molecule has 24 heavy (non-hydrogen) atoms. The lowest BCUT2D eigenvalue weighted by molar-refractivity contribution is -0.129. The van der Waals surface area contributed by atoms with E-state index in [-0.39, 0.29) is 16.4 Å². The van der Waals surface area contributed by atoms with Crippen LogP contribution in [0.15, 0.2) is 48.5 Å². The molecule has 2 rings (SSSR count). The van der Waals surface area contributed by atoms with Crippen LogP contribution in [0.1, 0.15) is 22.8 Å². The molecule has 1 amide bonds. The van der Waals surface area contributed by atoms with Crippen LogP contribution in [0.25, 0.3) is 0 Å². The Labute approximate surface area is 144 Å². The lowest BCUT2D eigenvalue weighted by Gasteiger charge is -2.14. The summed E-state index contributed by atoms with van der Waals surface area (Å²) in [6.07, 6.45) is -0.390. The van der Waals surface area contributed by atoms with E-state index in [1.54, 1.807) is 30.3 Å². The molecule has 4 nitrogen and oxygen atoms in total. The van der Waals surface area contributed by atoms with Gasteiger partial charge in [0.05, 0.1) is 10.6 Å². The first kappa shape index (κ1) is 17.9. The number of amides is 1. The van der Waals surface area contributed by atoms with Gasteiger partial charge in [-0.05, 0) is 43.2 Å². The van der Waals surface area contributed by atoms with Crippen LogP contribution in [-0.2, 0) is 16.0 Å².